The average Bonchev–Trinajstić information content (AvgIpc) is 3.02. The predicted octanol–water partition coefficient (Wildman–Crippen LogP) is 2.77. The first kappa shape index (κ1) is 17.5. The molecule has 5 nitrogen and oxygen atoms in total. The third-order valence-corrected chi connectivity index (χ3v) is 5.13. The number of fused-ring (bicyclic) bond motifs is 1. The number of primary amides is 1. The molecule has 0 unspecified atom stereocenters. The van der Waals surface area contributed by atoms with Crippen molar-refractivity contribution in [1.82, 2.24) is 14.7 Å². The van der Waals surface area contributed by atoms with Gasteiger partial charge in [0, 0.05) is 25.3 Å². The van der Waals surface area contributed by atoms with Crippen LogP contribution >= 0.6 is 0 Å². The zero-order valence-corrected chi connectivity index (χ0v) is 15.6. The molecular formula is C22H24N4O. The van der Waals surface area contributed by atoms with Gasteiger partial charge in [0.25, 0.3) is 0 Å². The molecule has 0 aliphatic carbocycles. The summed E-state index contributed by atoms with van der Waals surface area (Å²) in [6, 6.07) is 18.6. The van der Waals surface area contributed by atoms with Gasteiger partial charge in [-0.1, -0.05) is 36.4 Å². The highest BCUT2D eigenvalue weighted by Crippen LogP contribution is 2.24. The highest BCUT2D eigenvalue weighted by Gasteiger charge is 2.20. The molecule has 2 N–H and O–H groups in total. The number of para-hydroxylation sites is 1. The summed E-state index contributed by atoms with van der Waals surface area (Å²) < 4.78 is 2.00. The summed E-state index contributed by atoms with van der Waals surface area (Å²) in [6.45, 7) is 4.74. The Morgan fingerprint density at radius 3 is 2.74 bits per heavy atom. The van der Waals surface area contributed by atoms with Crippen molar-refractivity contribution in [1.29, 1.82) is 0 Å². The number of hydrogen-bond donors (Lipinski definition) is 1. The van der Waals surface area contributed by atoms with Crippen molar-refractivity contribution in [3.05, 3.63) is 82.7 Å². The van der Waals surface area contributed by atoms with Crippen LogP contribution in [0.25, 0.3) is 5.69 Å². The van der Waals surface area contributed by atoms with Crippen LogP contribution < -0.4 is 5.73 Å². The van der Waals surface area contributed by atoms with E-state index in [-0.39, 0.29) is 5.91 Å². The molecule has 0 saturated heterocycles. The highest BCUT2D eigenvalue weighted by molar-refractivity contribution is 5.77. The third-order valence-electron chi connectivity index (χ3n) is 5.13. The molecule has 1 aliphatic heterocycles. The maximum Gasteiger partial charge on any atom is 0.221 e. The molecule has 0 spiro atoms. The van der Waals surface area contributed by atoms with Crippen LogP contribution in [-0.2, 0) is 30.7 Å². The Labute approximate surface area is 159 Å². The van der Waals surface area contributed by atoms with Crippen LogP contribution in [0.1, 0.15) is 28.1 Å². The van der Waals surface area contributed by atoms with Gasteiger partial charge in [0.1, 0.15) is 0 Å². The first-order valence-electron chi connectivity index (χ1n) is 9.31. The van der Waals surface area contributed by atoms with E-state index in [1.165, 1.54) is 11.1 Å². The van der Waals surface area contributed by atoms with E-state index in [1.54, 1.807) is 0 Å². The van der Waals surface area contributed by atoms with Crippen LogP contribution in [0.2, 0.25) is 0 Å². The number of aromatic nitrogens is 2. The Balaban J connectivity index is 1.50. The number of amides is 1. The Bertz CT molecular complexity index is 962. The van der Waals surface area contributed by atoms with Crippen molar-refractivity contribution < 1.29 is 4.79 Å². The smallest absolute Gasteiger partial charge is 0.221 e. The van der Waals surface area contributed by atoms with E-state index in [1.807, 2.05) is 35.0 Å². The van der Waals surface area contributed by atoms with Gasteiger partial charge in [-0.3, -0.25) is 9.69 Å². The molecule has 1 amide bonds. The molecule has 1 aromatic heterocycles. The SMILES string of the molecule is Cc1cc(CN2CCc3c(CC(N)=O)cccc3C2)nn1-c1ccccc1. The fourth-order valence-electron chi connectivity index (χ4n) is 3.91. The second-order valence-corrected chi connectivity index (χ2v) is 7.18. The lowest BCUT2D eigenvalue weighted by Gasteiger charge is -2.29. The standard InChI is InChI=1S/C22H24N4O/c1-16-12-19(24-26(16)20-8-3-2-4-9-20)15-25-11-10-21-17(13-22(23)27)6-5-7-18(21)14-25/h2-9,12H,10-11,13-15H2,1H3,(H2,23,27). The number of aryl methyl sites for hydroxylation is 1. The Hall–Kier alpha value is -2.92. The van der Waals surface area contributed by atoms with E-state index in [0.717, 1.165) is 48.7 Å². The van der Waals surface area contributed by atoms with Crippen molar-refractivity contribution in [3.63, 3.8) is 0 Å². The molecule has 0 bridgehead atoms. The molecule has 1 aliphatic rings. The Morgan fingerprint density at radius 2 is 1.96 bits per heavy atom. The molecule has 0 fully saturated rings. The molecule has 27 heavy (non-hydrogen) atoms. The van der Waals surface area contributed by atoms with E-state index in [9.17, 15) is 4.79 Å². The number of hydrogen-bond acceptors (Lipinski definition) is 3. The number of benzene rings is 2. The van der Waals surface area contributed by atoms with Gasteiger partial charge in [0.05, 0.1) is 17.8 Å². The van der Waals surface area contributed by atoms with Gasteiger partial charge in [-0.2, -0.15) is 5.10 Å². The van der Waals surface area contributed by atoms with Crippen LogP contribution in [0.15, 0.2) is 54.6 Å². The zero-order valence-electron chi connectivity index (χ0n) is 15.6. The lowest BCUT2D eigenvalue weighted by Crippen LogP contribution is -2.31. The third kappa shape index (κ3) is 3.78. The highest BCUT2D eigenvalue weighted by atomic mass is 16.1. The molecule has 0 saturated carbocycles. The molecule has 2 aromatic carbocycles. The topological polar surface area (TPSA) is 64.2 Å². The second kappa shape index (κ2) is 7.37. The average molecular weight is 360 g/mol. The van der Waals surface area contributed by atoms with Crippen molar-refractivity contribution in [2.75, 3.05) is 6.54 Å². The molecule has 0 radical (unpaired) electrons. The largest absolute Gasteiger partial charge is 0.369 e. The summed E-state index contributed by atoms with van der Waals surface area (Å²) in [5.41, 5.74) is 12.3. The van der Waals surface area contributed by atoms with Crippen molar-refractivity contribution in [2.24, 2.45) is 5.73 Å². The molecule has 4 rings (SSSR count). The van der Waals surface area contributed by atoms with Crippen molar-refractivity contribution in [2.45, 2.75) is 32.9 Å². The molecular weight excluding hydrogens is 336 g/mol. The van der Waals surface area contributed by atoms with Crippen LogP contribution in [0.3, 0.4) is 0 Å². The summed E-state index contributed by atoms with van der Waals surface area (Å²) in [5, 5.41) is 4.80. The van der Waals surface area contributed by atoms with Gasteiger partial charge < -0.3 is 5.73 Å². The van der Waals surface area contributed by atoms with E-state index in [0.29, 0.717) is 6.42 Å². The minimum atomic E-state index is -0.271. The minimum Gasteiger partial charge on any atom is -0.369 e. The Morgan fingerprint density at radius 1 is 1.15 bits per heavy atom. The molecule has 3 aromatic rings. The number of rotatable bonds is 5. The maximum atomic E-state index is 11.3. The lowest BCUT2D eigenvalue weighted by atomic mass is 9.93. The van der Waals surface area contributed by atoms with E-state index >= 15 is 0 Å². The first-order valence-corrected chi connectivity index (χ1v) is 9.31. The minimum absolute atomic E-state index is 0.271. The monoisotopic (exact) mass is 360 g/mol. The summed E-state index contributed by atoms with van der Waals surface area (Å²) in [7, 11) is 0. The predicted molar refractivity (Wildman–Crippen MR) is 105 cm³/mol. The van der Waals surface area contributed by atoms with Gasteiger partial charge in [-0.05, 0) is 48.2 Å². The number of nitrogens with zero attached hydrogens (tertiary/aromatic N) is 3. The summed E-state index contributed by atoms with van der Waals surface area (Å²) in [4.78, 5) is 13.7. The van der Waals surface area contributed by atoms with Gasteiger partial charge in [0.15, 0.2) is 0 Å². The second-order valence-electron chi connectivity index (χ2n) is 7.18. The fraction of sp³-hybridized carbons (Fsp3) is 0.273. The van der Waals surface area contributed by atoms with E-state index in [2.05, 4.69) is 36.1 Å². The number of nitrogens with two attached hydrogens (primary N) is 1. The Kier molecular flexibility index (Phi) is 4.77. The fourth-order valence-corrected chi connectivity index (χ4v) is 3.91. The summed E-state index contributed by atoms with van der Waals surface area (Å²) in [6.07, 6.45) is 1.26. The van der Waals surface area contributed by atoms with Crippen LogP contribution in [0.4, 0.5) is 0 Å². The van der Waals surface area contributed by atoms with Gasteiger partial charge in [0.2, 0.25) is 5.91 Å². The number of carbonyl (C=O) groups excluding carboxylic acids is 1. The molecule has 138 valence electrons. The first-order chi connectivity index (χ1) is 13.1. The number of carbonyl (C=O) groups is 1. The van der Waals surface area contributed by atoms with Gasteiger partial charge in [-0.15, -0.1) is 0 Å². The lowest BCUT2D eigenvalue weighted by molar-refractivity contribution is -0.117. The molecule has 5 heteroatoms. The normalized spacial score (nSPS) is 14.1. The molecule has 2 heterocycles. The summed E-state index contributed by atoms with van der Waals surface area (Å²) >= 11 is 0. The van der Waals surface area contributed by atoms with E-state index < -0.39 is 0 Å². The molecule has 0 atom stereocenters. The quantitative estimate of drug-likeness (QED) is 0.761. The van der Waals surface area contributed by atoms with Gasteiger partial charge >= 0.3 is 0 Å². The van der Waals surface area contributed by atoms with Crippen LogP contribution in [-0.4, -0.2) is 27.1 Å². The van der Waals surface area contributed by atoms with Crippen molar-refractivity contribution in [3.8, 4) is 5.69 Å². The maximum absolute atomic E-state index is 11.3. The summed E-state index contributed by atoms with van der Waals surface area (Å²) in [5.74, 6) is -0.271. The van der Waals surface area contributed by atoms with Crippen molar-refractivity contribution >= 4 is 5.91 Å². The van der Waals surface area contributed by atoms with Crippen LogP contribution in [0.5, 0.6) is 0 Å². The van der Waals surface area contributed by atoms with E-state index in [4.69, 9.17) is 10.8 Å². The zero-order chi connectivity index (χ0) is 18.8. The van der Waals surface area contributed by atoms with Gasteiger partial charge in [-0.25, -0.2) is 4.68 Å². The van der Waals surface area contributed by atoms with Crippen LogP contribution in [0, 0.1) is 6.92 Å².